The van der Waals surface area contributed by atoms with Crippen molar-refractivity contribution in [2.45, 2.75) is 19.8 Å². The van der Waals surface area contributed by atoms with Gasteiger partial charge in [-0.15, -0.1) is 0 Å². The molecule has 0 fully saturated rings. The first-order valence-electron chi connectivity index (χ1n) is 6.36. The summed E-state index contributed by atoms with van der Waals surface area (Å²) in [5.41, 5.74) is 2.51. The Balaban J connectivity index is 2.57. The van der Waals surface area contributed by atoms with Gasteiger partial charge in [0.05, 0.1) is 17.1 Å². The van der Waals surface area contributed by atoms with Crippen LogP contribution in [-0.4, -0.2) is 4.98 Å². The zero-order valence-electron chi connectivity index (χ0n) is 11.1. The van der Waals surface area contributed by atoms with Crippen LogP contribution in [0, 0.1) is 11.3 Å². The summed E-state index contributed by atoms with van der Waals surface area (Å²) in [5.74, 6) is 0. The lowest BCUT2D eigenvalue weighted by Gasteiger charge is -2.06. The van der Waals surface area contributed by atoms with Crippen molar-refractivity contribution in [3.05, 3.63) is 58.8 Å². The van der Waals surface area contributed by atoms with E-state index in [-0.39, 0.29) is 0 Å². The highest BCUT2D eigenvalue weighted by molar-refractivity contribution is 5.72. The molecule has 0 radical (unpaired) electrons. The zero-order valence-corrected chi connectivity index (χ0v) is 11.1. The highest BCUT2D eigenvalue weighted by Gasteiger charge is 2.02. The predicted molar refractivity (Wildman–Crippen MR) is 79.2 cm³/mol. The molecule has 2 nitrogen and oxygen atoms in total. The van der Waals surface area contributed by atoms with E-state index in [2.05, 4.69) is 29.8 Å². The normalized spacial score (nSPS) is 16.1. The van der Waals surface area contributed by atoms with Crippen LogP contribution in [0.4, 0.5) is 0 Å². The minimum absolute atomic E-state index is 0.418. The molecule has 19 heavy (non-hydrogen) atoms. The van der Waals surface area contributed by atoms with Crippen molar-refractivity contribution in [3.8, 4) is 6.07 Å². The van der Waals surface area contributed by atoms with Gasteiger partial charge in [0.1, 0.15) is 0 Å². The Bertz CT molecular complexity index is 713. The zero-order chi connectivity index (χ0) is 13.7. The second-order valence-electron chi connectivity index (χ2n) is 4.38. The van der Waals surface area contributed by atoms with Gasteiger partial charge in [-0.3, -0.25) is 0 Å². The van der Waals surface area contributed by atoms with Gasteiger partial charge in [-0.2, -0.15) is 5.26 Å². The molecule has 1 aromatic rings. The summed E-state index contributed by atoms with van der Waals surface area (Å²) >= 11 is 0. The van der Waals surface area contributed by atoms with Crippen molar-refractivity contribution in [1.82, 2.24) is 4.98 Å². The number of allylic oxidation sites excluding steroid dienone is 5. The van der Waals surface area contributed by atoms with Crippen molar-refractivity contribution in [2.24, 2.45) is 0 Å². The van der Waals surface area contributed by atoms with E-state index in [1.54, 1.807) is 6.08 Å². The van der Waals surface area contributed by atoms with Gasteiger partial charge in [-0.1, -0.05) is 36.9 Å². The Morgan fingerprint density at radius 2 is 2.26 bits per heavy atom. The van der Waals surface area contributed by atoms with Gasteiger partial charge in [0, 0.05) is 5.57 Å². The minimum atomic E-state index is 0.418. The Morgan fingerprint density at radius 1 is 1.42 bits per heavy atom. The third kappa shape index (κ3) is 3.08. The van der Waals surface area contributed by atoms with Crippen LogP contribution in [0.15, 0.2) is 42.5 Å². The number of rotatable bonds is 2. The molecule has 94 valence electrons. The molecular formula is C17H16N2. The Kier molecular flexibility index (Phi) is 4.10. The van der Waals surface area contributed by atoms with Crippen LogP contribution in [0.2, 0.25) is 0 Å². The number of nitrogens with zero attached hydrogens (tertiary/aromatic N) is 2. The van der Waals surface area contributed by atoms with Crippen LogP contribution >= 0.6 is 0 Å². The van der Waals surface area contributed by atoms with E-state index in [1.807, 2.05) is 31.2 Å². The maximum absolute atomic E-state index is 8.84. The van der Waals surface area contributed by atoms with Gasteiger partial charge < -0.3 is 0 Å². The molecule has 0 spiro atoms. The summed E-state index contributed by atoms with van der Waals surface area (Å²) in [6.07, 6.45) is 12.3. The summed E-state index contributed by atoms with van der Waals surface area (Å²) in [6, 6.07) is 6.08. The van der Waals surface area contributed by atoms with Crippen LogP contribution < -0.4 is 10.6 Å². The summed E-state index contributed by atoms with van der Waals surface area (Å²) in [5, 5.41) is 10.6. The maximum Gasteiger partial charge on any atom is 0.0986 e. The average Bonchev–Trinajstić information content (AvgIpc) is 2.48. The molecule has 0 atom stereocenters. The first-order valence-corrected chi connectivity index (χ1v) is 6.36. The fraction of sp³-hybridized carbons (Fsp3) is 0.176. The highest BCUT2D eigenvalue weighted by atomic mass is 14.7. The average molecular weight is 248 g/mol. The molecule has 0 amide bonds. The van der Waals surface area contributed by atoms with E-state index in [0.29, 0.717) is 5.57 Å². The molecule has 1 aliphatic rings. The van der Waals surface area contributed by atoms with Crippen LogP contribution in [0.5, 0.6) is 0 Å². The molecular weight excluding hydrogens is 232 g/mol. The first-order chi connectivity index (χ1) is 9.24. The number of nitriles is 1. The van der Waals surface area contributed by atoms with Crippen LogP contribution in [0.25, 0.3) is 17.7 Å². The molecule has 2 rings (SSSR count). The fourth-order valence-electron chi connectivity index (χ4n) is 2.01. The van der Waals surface area contributed by atoms with Gasteiger partial charge in [0.25, 0.3) is 0 Å². The quantitative estimate of drug-likeness (QED) is 0.754. The van der Waals surface area contributed by atoms with Crippen molar-refractivity contribution in [1.29, 1.82) is 5.26 Å². The number of pyridine rings is 1. The molecule has 2 heteroatoms. The van der Waals surface area contributed by atoms with Crippen LogP contribution in [0.3, 0.4) is 0 Å². The molecule has 0 bridgehead atoms. The number of aromatic nitrogens is 1. The smallest absolute Gasteiger partial charge is 0.0986 e. The summed E-state index contributed by atoms with van der Waals surface area (Å²) in [6.45, 7) is 5.65. The molecule has 0 saturated heterocycles. The number of hydrogen-bond donors (Lipinski definition) is 0. The van der Waals surface area contributed by atoms with E-state index in [1.165, 1.54) is 0 Å². The SMILES string of the molecule is C=C(C#N)/C=c1/nc(C2=CCCC=C2)cc/c1=C/C. The maximum atomic E-state index is 8.84. The van der Waals surface area contributed by atoms with Crippen LogP contribution in [-0.2, 0) is 0 Å². The monoisotopic (exact) mass is 248 g/mol. The Morgan fingerprint density at radius 3 is 2.89 bits per heavy atom. The minimum Gasteiger partial charge on any atom is -0.248 e. The lowest BCUT2D eigenvalue weighted by atomic mass is 10.0. The molecule has 1 aliphatic carbocycles. The predicted octanol–water partition coefficient (Wildman–Crippen LogP) is 2.48. The van der Waals surface area contributed by atoms with Crippen molar-refractivity contribution in [2.75, 3.05) is 0 Å². The van der Waals surface area contributed by atoms with Crippen molar-refractivity contribution in [3.63, 3.8) is 0 Å². The second kappa shape index (κ2) is 5.97. The van der Waals surface area contributed by atoms with Gasteiger partial charge in [0.15, 0.2) is 0 Å². The Hall–Kier alpha value is -2.40. The van der Waals surface area contributed by atoms with Gasteiger partial charge >= 0.3 is 0 Å². The van der Waals surface area contributed by atoms with E-state index < -0.39 is 0 Å². The van der Waals surface area contributed by atoms with E-state index >= 15 is 0 Å². The molecule has 0 aromatic carbocycles. The van der Waals surface area contributed by atoms with Crippen LogP contribution in [0.1, 0.15) is 25.5 Å². The molecule has 0 unspecified atom stereocenters. The lowest BCUT2D eigenvalue weighted by Crippen LogP contribution is -2.28. The molecule has 1 aromatic heterocycles. The summed E-state index contributed by atoms with van der Waals surface area (Å²) in [4.78, 5) is 4.64. The van der Waals surface area contributed by atoms with Crippen molar-refractivity contribution < 1.29 is 0 Å². The molecule has 1 heterocycles. The fourth-order valence-corrected chi connectivity index (χ4v) is 2.01. The van der Waals surface area contributed by atoms with E-state index in [0.717, 1.165) is 34.7 Å². The van der Waals surface area contributed by atoms with Gasteiger partial charge in [0.2, 0.25) is 0 Å². The highest BCUT2D eigenvalue weighted by Crippen LogP contribution is 2.17. The Labute approximate surface area is 113 Å². The standard InChI is InChI=1S/C17H16N2/c1-3-14-9-10-16(15-7-5-4-6-8-15)19-17(14)11-13(2)12-18/h3,5,7-11H,2,4,6H2,1H3/b14-3-,17-11+. The summed E-state index contributed by atoms with van der Waals surface area (Å²) in [7, 11) is 0. The number of hydrogen-bond acceptors (Lipinski definition) is 2. The topological polar surface area (TPSA) is 36.7 Å². The lowest BCUT2D eigenvalue weighted by molar-refractivity contribution is 1.03. The largest absolute Gasteiger partial charge is 0.248 e. The van der Waals surface area contributed by atoms with E-state index in [4.69, 9.17) is 5.26 Å². The summed E-state index contributed by atoms with van der Waals surface area (Å²) < 4.78 is 0. The van der Waals surface area contributed by atoms with Gasteiger partial charge in [-0.05, 0) is 42.7 Å². The first kappa shape index (κ1) is 13.0. The third-order valence-electron chi connectivity index (χ3n) is 3.01. The molecule has 0 N–H and O–H groups in total. The molecule has 0 saturated carbocycles. The van der Waals surface area contributed by atoms with Crippen molar-refractivity contribution >= 4 is 17.7 Å². The van der Waals surface area contributed by atoms with E-state index in [9.17, 15) is 0 Å². The third-order valence-corrected chi connectivity index (χ3v) is 3.01. The second-order valence-corrected chi connectivity index (χ2v) is 4.38. The molecule has 0 aliphatic heterocycles. The van der Waals surface area contributed by atoms with Gasteiger partial charge in [-0.25, -0.2) is 4.98 Å².